The van der Waals surface area contributed by atoms with Gasteiger partial charge in [0, 0.05) is 11.4 Å². The minimum atomic E-state index is 0.364. The van der Waals surface area contributed by atoms with Crippen LogP contribution in [0.15, 0.2) is 0 Å². The molecule has 0 aliphatic rings. The van der Waals surface area contributed by atoms with Crippen LogP contribution in [-0.2, 0) is 0 Å². The molecule has 0 atom stereocenters. The second-order valence-corrected chi connectivity index (χ2v) is 6.84. The predicted octanol–water partition coefficient (Wildman–Crippen LogP) is 4.78. The number of hydrogen-bond donors (Lipinski definition) is 1. The molecule has 1 N–H and O–H groups in total. The lowest BCUT2D eigenvalue weighted by Gasteiger charge is -2.24. The second-order valence-electron chi connectivity index (χ2n) is 5.64. The summed E-state index contributed by atoms with van der Waals surface area (Å²) >= 11 is 1.76. The monoisotopic (exact) mass is 254 g/mol. The van der Waals surface area contributed by atoms with Gasteiger partial charge in [-0.2, -0.15) is 0 Å². The summed E-state index contributed by atoms with van der Waals surface area (Å²) in [6.07, 6.45) is 5.27. The molecule has 1 aromatic heterocycles. The number of thiazole rings is 1. The molecule has 3 heteroatoms. The van der Waals surface area contributed by atoms with Crippen LogP contribution in [0.5, 0.6) is 0 Å². The van der Waals surface area contributed by atoms with Crippen molar-refractivity contribution in [3.05, 3.63) is 10.6 Å². The fourth-order valence-electron chi connectivity index (χ4n) is 1.81. The number of aromatic nitrogens is 1. The van der Waals surface area contributed by atoms with Crippen molar-refractivity contribution in [3.63, 3.8) is 0 Å². The normalized spacial score (nSPS) is 11.8. The van der Waals surface area contributed by atoms with Crippen molar-refractivity contribution in [1.29, 1.82) is 0 Å². The number of nitrogens with one attached hydrogen (secondary N) is 1. The van der Waals surface area contributed by atoms with Crippen LogP contribution in [-0.4, -0.2) is 11.5 Å². The van der Waals surface area contributed by atoms with Gasteiger partial charge >= 0.3 is 0 Å². The molecule has 0 fully saturated rings. The van der Waals surface area contributed by atoms with Gasteiger partial charge < -0.3 is 5.32 Å². The first kappa shape index (κ1) is 14.5. The Morgan fingerprint density at radius 1 is 1.24 bits per heavy atom. The molecule has 0 aliphatic heterocycles. The fraction of sp³-hybridized carbons (Fsp3) is 0.786. The molecule has 0 amide bonds. The van der Waals surface area contributed by atoms with Crippen molar-refractivity contribution in [3.8, 4) is 0 Å². The number of nitrogens with zero attached hydrogens (tertiary/aromatic N) is 1. The molecule has 98 valence electrons. The maximum atomic E-state index is 4.52. The maximum absolute atomic E-state index is 4.52. The van der Waals surface area contributed by atoms with Gasteiger partial charge in [-0.05, 0) is 25.7 Å². The first-order valence-electron chi connectivity index (χ1n) is 6.62. The van der Waals surface area contributed by atoms with E-state index in [0.29, 0.717) is 5.41 Å². The van der Waals surface area contributed by atoms with Crippen LogP contribution >= 0.6 is 11.3 Å². The van der Waals surface area contributed by atoms with Crippen molar-refractivity contribution >= 4 is 16.5 Å². The molecule has 0 aliphatic carbocycles. The molecule has 0 saturated heterocycles. The van der Waals surface area contributed by atoms with Crippen molar-refractivity contribution in [1.82, 2.24) is 4.98 Å². The van der Waals surface area contributed by atoms with Crippen LogP contribution in [0.1, 0.15) is 57.0 Å². The topological polar surface area (TPSA) is 24.9 Å². The van der Waals surface area contributed by atoms with E-state index in [0.717, 1.165) is 17.4 Å². The van der Waals surface area contributed by atoms with E-state index >= 15 is 0 Å². The Balaban J connectivity index is 2.38. The summed E-state index contributed by atoms with van der Waals surface area (Å²) in [6.45, 7) is 12.1. The zero-order chi connectivity index (χ0) is 12.9. The maximum Gasteiger partial charge on any atom is 0.183 e. The minimum absolute atomic E-state index is 0.364. The van der Waals surface area contributed by atoms with E-state index in [-0.39, 0.29) is 0 Å². The first-order chi connectivity index (χ1) is 7.94. The Labute approximate surface area is 110 Å². The Morgan fingerprint density at radius 2 is 1.94 bits per heavy atom. The molecule has 2 nitrogen and oxygen atoms in total. The summed E-state index contributed by atoms with van der Waals surface area (Å²) in [6, 6.07) is 0. The quantitative estimate of drug-likeness (QED) is 0.708. The lowest BCUT2D eigenvalue weighted by atomic mass is 9.87. The lowest BCUT2D eigenvalue weighted by Crippen LogP contribution is -2.22. The second kappa shape index (κ2) is 6.39. The highest BCUT2D eigenvalue weighted by atomic mass is 32.1. The predicted molar refractivity (Wildman–Crippen MR) is 78.0 cm³/mol. The third kappa shape index (κ3) is 5.07. The van der Waals surface area contributed by atoms with Crippen LogP contribution < -0.4 is 5.32 Å². The average Bonchev–Trinajstić information content (AvgIpc) is 2.56. The van der Waals surface area contributed by atoms with Gasteiger partial charge in [0.15, 0.2) is 5.13 Å². The Hall–Kier alpha value is -0.570. The Bertz CT molecular complexity index is 322. The molecular weight excluding hydrogens is 228 g/mol. The Kier molecular flexibility index (Phi) is 5.44. The van der Waals surface area contributed by atoms with Crippen LogP contribution in [0.25, 0.3) is 0 Å². The lowest BCUT2D eigenvalue weighted by molar-refractivity contribution is 0.342. The van der Waals surface area contributed by atoms with E-state index in [9.17, 15) is 0 Å². The van der Waals surface area contributed by atoms with E-state index in [1.807, 2.05) is 0 Å². The summed E-state index contributed by atoms with van der Waals surface area (Å²) in [7, 11) is 0. The molecule has 0 spiro atoms. The standard InChI is InChI=1S/C14H26N2S/c1-6-7-8-9-14(4,5)10-15-13-16-11(2)12(3)17-13/h6-10H2,1-5H3,(H,15,16). The van der Waals surface area contributed by atoms with Crippen molar-refractivity contribution < 1.29 is 0 Å². The van der Waals surface area contributed by atoms with E-state index in [1.165, 1.54) is 30.6 Å². The molecule has 1 rings (SSSR count). The molecular formula is C14H26N2S. The molecule has 1 heterocycles. The van der Waals surface area contributed by atoms with E-state index in [4.69, 9.17) is 0 Å². The molecule has 0 radical (unpaired) electrons. The van der Waals surface area contributed by atoms with Crippen molar-refractivity contribution in [2.45, 2.75) is 60.3 Å². The zero-order valence-corrected chi connectivity index (χ0v) is 12.7. The van der Waals surface area contributed by atoms with Crippen LogP contribution in [0.4, 0.5) is 5.13 Å². The van der Waals surface area contributed by atoms with Gasteiger partial charge in [0.1, 0.15) is 0 Å². The van der Waals surface area contributed by atoms with E-state index < -0.39 is 0 Å². The highest BCUT2D eigenvalue weighted by Crippen LogP contribution is 2.26. The van der Waals surface area contributed by atoms with Gasteiger partial charge in [0.25, 0.3) is 0 Å². The van der Waals surface area contributed by atoms with E-state index in [2.05, 4.69) is 44.9 Å². The van der Waals surface area contributed by atoms with Crippen LogP contribution in [0.2, 0.25) is 0 Å². The van der Waals surface area contributed by atoms with Gasteiger partial charge in [-0.3, -0.25) is 0 Å². The molecule has 0 aromatic carbocycles. The molecule has 0 saturated carbocycles. The molecule has 0 bridgehead atoms. The SMILES string of the molecule is CCCCCC(C)(C)CNc1nc(C)c(C)s1. The van der Waals surface area contributed by atoms with Crippen LogP contribution in [0, 0.1) is 19.3 Å². The summed E-state index contributed by atoms with van der Waals surface area (Å²) in [5.41, 5.74) is 1.52. The fourth-order valence-corrected chi connectivity index (χ4v) is 2.62. The van der Waals surface area contributed by atoms with Crippen molar-refractivity contribution in [2.24, 2.45) is 5.41 Å². The highest BCUT2D eigenvalue weighted by Gasteiger charge is 2.17. The van der Waals surface area contributed by atoms with Gasteiger partial charge in [-0.15, -0.1) is 11.3 Å². The van der Waals surface area contributed by atoms with Crippen molar-refractivity contribution in [2.75, 3.05) is 11.9 Å². The third-order valence-corrected chi connectivity index (χ3v) is 4.23. The smallest absolute Gasteiger partial charge is 0.183 e. The van der Waals surface area contributed by atoms with Gasteiger partial charge in [-0.1, -0.05) is 40.0 Å². The number of unbranched alkanes of at least 4 members (excludes halogenated alkanes) is 2. The molecule has 1 aromatic rings. The largest absolute Gasteiger partial charge is 0.361 e. The van der Waals surface area contributed by atoms with Gasteiger partial charge in [0.2, 0.25) is 0 Å². The highest BCUT2D eigenvalue weighted by molar-refractivity contribution is 7.15. The molecule has 0 unspecified atom stereocenters. The van der Waals surface area contributed by atoms with Gasteiger partial charge in [0.05, 0.1) is 5.69 Å². The van der Waals surface area contributed by atoms with Gasteiger partial charge in [-0.25, -0.2) is 4.98 Å². The number of rotatable bonds is 7. The number of anilines is 1. The summed E-state index contributed by atoms with van der Waals surface area (Å²) in [5.74, 6) is 0. The summed E-state index contributed by atoms with van der Waals surface area (Å²) < 4.78 is 0. The average molecular weight is 254 g/mol. The summed E-state index contributed by atoms with van der Waals surface area (Å²) in [5, 5.41) is 4.55. The Morgan fingerprint density at radius 3 is 2.47 bits per heavy atom. The zero-order valence-electron chi connectivity index (χ0n) is 11.9. The number of aryl methyl sites for hydroxylation is 2. The van der Waals surface area contributed by atoms with Crippen LogP contribution in [0.3, 0.4) is 0 Å². The third-order valence-electron chi connectivity index (χ3n) is 3.20. The minimum Gasteiger partial charge on any atom is -0.361 e. The number of hydrogen-bond acceptors (Lipinski definition) is 3. The van der Waals surface area contributed by atoms with E-state index in [1.54, 1.807) is 11.3 Å². The summed E-state index contributed by atoms with van der Waals surface area (Å²) in [4.78, 5) is 5.83. The first-order valence-corrected chi connectivity index (χ1v) is 7.44. The molecule has 17 heavy (non-hydrogen) atoms.